The van der Waals surface area contributed by atoms with E-state index >= 15 is 0 Å². The van der Waals surface area contributed by atoms with Crippen LogP contribution in [0.2, 0.25) is 0 Å². The molecular formula is C13H12BrN3O. The maximum absolute atomic E-state index is 7.33. The minimum absolute atomic E-state index is 0.0802. The molecule has 0 aliphatic carbocycles. The van der Waals surface area contributed by atoms with Crippen LogP contribution in [-0.4, -0.2) is 10.8 Å². The van der Waals surface area contributed by atoms with Gasteiger partial charge in [-0.15, -0.1) is 0 Å². The summed E-state index contributed by atoms with van der Waals surface area (Å²) in [5.41, 5.74) is 6.93. The number of benzene rings is 1. The van der Waals surface area contributed by atoms with E-state index in [4.69, 9.17) is 15.9 Å². The number of aromatic nitrogens is 1. The SMILES string of the molecule is Cc1ccc(Oc2ccnc(C(=N)N)c2)c(Br)c1. The second-order valence-electron chi connectivity index (χ2n) is 3.83. The summed E-state index contributed by atoms with van der Waals surface area (Å²) in [5, 5.41) is 7.33. The van der Waals surface area contributed by atoms with Gasteiger partial charge in [-0.25, -0.2) is 0 Å². The van der Waals surface area contributed by atoms with Crippen molar-refractivity contribution in [2.45, 2.75) is 6.92 Å². The van der Waals surface area contributed by atoms with Gasteiger partial charge in [-0.3, -0.25) is 10.4 Å². The van der Waals surface area contributed by atoms with Crippen molar-refractivity contribution >= 4 is 21.8 Å². The number of nitrogen functional groups attached to an aromatic ring is 1. The Kier molecular flexibility index (Phi) is 3.62. The van der Waals surface area contributed by atoms with Crippen LogP contribution in [0.4, 0.5) is 0 Å². The summed E-state index contributed by atoms with van der Waals surface area (Å²) in [6.45, 7) is 2.01. The zero-order valence-electron chi connectivity index (χ0n) is 9.77. The third-order valence-electron chi connectivity index (χ3n) is 2.32. The van der Waals surface area contributed by atoms with Crippen LogP contribution in [0.5, 0.6) is 11.5 Å². The van der Waals surface area contributed by atoms with Crippen LogP contribution in [0, 0.1) is 12.3 Å². The molecule has 92 valence electrons. The van der Waals surface area contributed by atoms with Gasteiger partial charge in [-0.1, -0.05) is 6.07 Å². The number of ether oxygens (including phenoxy) is 1. The summed E-state index contributed by atoms with van der Waals surface area (Å²) < 4.78 is 6.59. The lowest BCUT2D eigenvalue weighted by Crippen LogP contribution is -2.12. The summed E-state index contributed by atoms with van der Waals surface area (Å²) >= 11 is 3.44. The van der Waals surface area contributed by atoms with E-state index < -0.39 is 0 Å². The van der Waals surface area contributed by atoms with Crippen molar-refractivity contribution in [2.75, 3.05) is 0 Å². The third-order valence-corrected chi connectivity index (χ3v) is 2.94. The molecule has 0 radical (unpaired) electrons. The molecule has 0 aliphatic heterocycles. The van der Waals surface area contributed by atoms with Crippen LogP contribution in [-0.2, 0) is 0 Å². The van der Waals surface area contributed by atoms with Gasteiger partial charge < -0.3 is 10.5 Å². The minimum Gasteiger partial charge on any atom is -0.456 e. The predicted octanol–water partition coefficient (Wildman–Crippen LogP) is 3.23. The first kappa shape index (κ1) is 12.6. The zero-order valence-corrected chi connectivity index (χ0v) is 11.4. The number of aryl methyl sites for hydroxylation is 1. The van der Waals surface area contributed by atoms with Crippen molar-refractivity contribution in [2.24, 2.45) is 5.73 Å². The molecule has 5 heteroatoms. The Bertz CT molecular complexity index is 599. The molecule has 2 rings (SSSR count). The molecule has 0 saturated heterocycles. The fourth-order valence-corrected chi connectivity index (χ4v) is 2.01. The average molecular weight is 306 g/mol. The van der Waals surface area contributed by atoms with Crippen LogP contribution < -0.4 is 10.5 Å². The second-order valence-corrected chi connectivity index (χ2v) is 4.68. The van der Waals surface area contributed by atoms with E-state index in [0.717, 1.165) is 10.0 Å². The van der Waals surface area contributed by atoms with Crippen LogP contribution in [0.3, 0.4) is 0 Å². The van der Waals surface area contributed by atoms with Crippen LogP contribution in [0.25, 0.3) is 0 Å². The molecule has 0 bridgehead atoms. The predicted molar refractivity (Wildman–Crippen MR) is 74.2 cm³/mol. The van der Waals surface area contributed by atoms with Crippen LogP contribution in [0.15, 0.2) is 41.0 Å². The van der Waals surface area contributed by atoms with Crippen molar-refractivity contribution in [3.8, 4) is 11.5 Å². The zero-order chi connectivity index (χ0) is 13.1. The quantitative estimate of drug-likeness (QED) is 0.675. The number of amidine groups is 1. The number of halogens is 1. The molecular weight excluding hydrogens is 294 g/mol. The van der Waals surface area contributed by atoms with Gasteiger partial charge in [0, 0.05) is 12.3 Å². The second kappa shape index (κ2) is 5.18. The van der Waals surface area contributed by atoms with Gasteiger partial charge in [0.25, 0.3) is 0 Å². The molecule has 0 fully saturated rings. The number of nitrogens with zero attached hydrogens (tertiary/aromatic N) is 1. The molecule has 2 aromatic rings. The molecule has 1 heterocycles. The van der Waals surface area contributed by atoms with Crippen molar-refractivity contribution in [1.29, 1.82) is 5.41 Å². The maximum atomic E-state index is 7.33. The molecule has 0 atom stereocenters. The van der Waals surface area contributed by atoms with Gasteiger partial charge >= 0.3 is 0 Å². The Labute approximate surface area is 113 Å². The van der Waals surface area contributed by atoms with Gasteiger partial charge in [0.2, 0.25) is 0 Å². The minimum atomic E-state index is -0.0802. The smallest absolute Gasteiger partial charge is 0.141 e. The lowest BCUT2D eigenvalue weighted by atomic mass is 10.2. The highest BCUT2D eigenvalue weighted by Crippen LogP contribution is 2.30. The van der Waals surface area contributed by atoms with E-state index in [2.05, 4.69) is 20.9 Å². The molecule has 0 amide bonds. The van der Waals surface area contributed by atoms with E-state index in [0.29, 0.717) is 17.2 Å². The van der Waals surface area contributed by atoms with Crippen molar-refractivity contribution in [3.63, 3.8) is 0 Å². The van der Waals surface area contributed by atoms with Crippen LogP contribution in [0.1, 0.15) is 11.3 Å². The van der Waals surface area contributed by atoms with E-state index in [1.165, 1.54) is 0 Å². The topological polar surface area (TPSA) is 72.0 Å². The molecule has 0 aliphatic rings. The normalized spacial score (nSPS) is 10.1. The number of nitrogens with two attached hydrogens (primary N) is 1. The first-order valence-corrected chi connectivity index (χ1v) is 6.10. The third kappa shape index (κ3) is 2.87. The average Bonchev–Trinajstić information content (AvgIpc) is 2.33. The number of nitrogens with one attached hydrogen (secondary N) is 1. The Morgan fingerprint density at radius 2 is 2.11 bits per heavy atom. The lowest BCUT2D eigenvalue weighted by Gasteiger charge is -2.09. The fourth-order valence-electron chi connectivity index (χ4n) is 1.44. The lowest BCUT2D eigenvalue weighted by molar-refractivity contribution is 0.478. The van der Waals surface area contributed by atoms with E-state index in [9.17, 15) is 0 Å². The summed E-state index contributed by atoms with van der Waals surface area (Å²) in [5.74, 6) is 1.23. The first-order valence-electron chi connectivity index (χ1n) is 5.31. The van der Waals surface area contributed by atoms with E-state index in [-0.39, 0.29) is 5.84 Å². The number of rotatable bonds is 3. The molecule has 0 spiro atoms. The molecule has 3 N–H and O–H groups in total. The van der Waals surface area contributed by atoms with E-state index in [1.54, 1.807) is 18.3 Å². The van der Waals surface area contributed by atoms with Gasteiger partial charge in [0.1, 0.15) is 23.0 Å². The highest BCUT2D eigenvalue weighted by atomic mass is 79.9. The standard InChI is InChI=1S/C13H12BrN3O/c1-8-2-3-12(10(14)6-8)18-9-4-5-17-11(7-9)13(15)16/h2-7H,1H3,(H3,15,16). The Balaban J connectivity index is 2.28. The molecule has 4 nitrogen and oxygen atoms in total. The first-order chi connectivity index (χ1) is 8.56. The molecule has 18 heavy (non-hydrogen) atoms. The number of hydrogen-bond acceptors (Lipinski definition) is 3. The largest absolute Gasteiger partial charge is 0.456 e. The maximum Gasteiger partial charge on any atom is 0.141 e. The van der Waals surface area contributed by atoms with Crippen molar-refractivity contribution < 1.29 is 4.74 Å². The number of pyridine rings is 1. The molecule has 0 unspecified atom stereocenters. The van der Waals surface area contributed by atoms with Gasteiger partial charge in [0.15, 0.2) is 0 Å². The van der Waals surface area contributed by atoms with Gasteiger partial charge in [-0.2, -0.15) is 0 Å². The summed E-state index contributed by atoms with van der Waals surface area (Å²) in [7, 11) is 0. The summed E-state index contributed by atoms with van der Waals surface area (Å²) in [6, 6.07) is 9.18. The summed E-state index contributed by atoms with van der Waals surface area (Å²) in [4.78, 5) is 3.98. The summed E-state index contributed by atoms with van der Waals surface area (Å²) in [6.07, 6.45) is 1.56. The van der Waals surface area contributed by atoms with Gasteiger partial charge in [0.05, 0.1) is 4.47 Å². The van der Waals surface area contributed by atoms with E-state index in [1.807, 2.05) is 25.1 Å². The Morgan fingerprint density at radius 3 is 2.78 bits per heavy atom. The highest BCUT2D eigenvalue weighted by Gasteiger charge is 2.05. The fraction of sp³-hybridized carbons (Fsp3) is 0.0769. The molecule has 1 aromatic heterocycles. The Hall–Kier alpha value is -1.88. The van der Waals surface area contributed by atoms with Crippen molar-refractivity contribution in [1.82, 2.24) is 4.98 Å². The molecule has 1 aromatic carbocycles. The van der Waals surface area contributed by atoms with Crippen LogP contribution >= 0.6 is 15.9 Å². The van der Waals surface area contributed by atoms with Gasteiger partial charge in [-0.05, 0) is 46.6 Å². The monoisotopic (exact) mass is 305 g/mol. The van der Waals surface area contributed by atoms with Crippen molar-refractivity contribution in [3.05, 3.63) is 52.3 Å². The Morgan fingerprint density at radius 1 is 1.33 bits per heavy atom. The molecule has 0 saturated carbocycles. The highest BCUT2D eigenvalue weighted by molar-refractivity contribution is 9.10. The number of hydrogen-bond donors (Lipinski definition) is 2.